The predicted molar refractivity (Wildman–Crippen MR) is 91.2 cm³/mol. The van der Waals surface area contributed by atoms with Crippen LogP contribution >= 0.6 is 0 Å². The largest absolute Gasteiger partial charge is 0.444 e. The first-order chi connectivity index (χ1) is 10.9. The standard InChI is InChI=1S/C18H24N4O/c1-18(2)9-13(22(3)4)5-6-16(18)21-17-8-12-7-14(10-19)23-15(12)11-20-17/h7-8,11,13,16H,5-6,9H2,1-4H3,(H,20,21)/t13-,16+/m1/s1. The molecule has 0 amide bonds. The van der Waals surface area contributed by atoms with Crippen LogP contribution in [0.4, 0.5) is 5.82 Å². The first-order valence-electron chi connectivity index (χ1n) is 8.12. The molecule has 1 N–H and O–H groups in total. The second-order valence-electron chi connectivity index (χ2n) is 7.41. The van der Waals surface area contributed by atoms with E-state index in [9.17, 15) is 0 Å². The third-order valence-electron chi connectivity index (χ3n) is 5.06. The maximum Gasteiger partial charge on any atom is 0.204 e. The number of aromatic nitrogens is 1. The van der Waals surface area contributed by atoms with Crippen LogP contribution in [0.3, 0.4) is 0 Å². The Morgan fingerprint density at radius 3 is 2.78 bits per heavy atom. The van der Waals surface area contributed by atoms with Gasteiger partial charge < -0.3 is 14.6 Å². The third-order valence-corrected chi connectivity index (χ3v) is 5.06. The fourth-order valence-electron chi connectivity index (χ4n) is 3.57. The quantitative estimate of drug-likeness (QED) is 0.937. The molecule has 0 saturated heterocycles. The zero-order valence-corrected chi connectivity index (χ0v) is 14.3. The van der Waals surface area contributed by atoms with Gasteiger partial charge in [0, 0.05) is 23.5 Å². The van der Waals surface area contributed by atoms with E-state index in [1.807, 2.05) is 12.1 Å². The van der Waals surface area contributed by atoms with Gasteiger partial charge in [-0.3, -0.25) is 0 Å². The van der Waals surface area contributed by atoms with E-state index in [0.717, 1.165) is 17.6 Å². The molecular weight excluding hydrogens is 288 g/mol. The molecule has 5 nitrogen and oxygen atoms in total. The van der Waals surface area contributed by atoms with E-state index in [1.54, 1.807) is 12.3 Å². The number of nitrogens with zero attached hydrogens (tertiary/aromatic N) is 3. The van der Waals surface area contributed by atoms with Gasteiger partial charge in [0.15, 0.2) is 5.58 Å². The normalized spacial score (nSPS) is 23.8. The molecule has 1 aliphatic rings. The van der Waals surface area contributed by atoms with Gasteiger partial charge in [0.25, 0.3) is 0 Å². The lowest BCUT2D eigenvalue weighted by Gasteiger charge is -2.45. The first kappa shape index (κ1) is 15.8. The predicted octanol–water partition coefficient (Wildman–Crippen LogP) is 3.62. The van der Waals surface area contributed by atoms with Crippen molar-refractivity contribution in [3.05, 3.63) is 24.1 Å². The number of hydrogen-bond acceptors (Lipinski definition) is 5. The SMILES string of the molecule is CN(C)[C@@H]1CC[C@H](Nc2cc3cc(C#N)oc3cn2)C(C)(C)C1. The number of hydrogen-bond donors (Lipinski definition) is 1. The minimum absolute atomic E-state index is 0.206. The van der Waals surface area contributed by atoms with Crippen LogP contribution in [0.1, 0.15) is 38.9 Å². The summed E-state index contributed by atoms with van der Waals surface area (Å²) in [6, 6.07) is 6.79. The molecule has 0 bridgehead atoms. The molecule has 2 atom stereocenters. The second kappa shape index (κ2) is 5.86. The number of fused-ring (bicyclic) bond motifs is 1. The number of rotatable bonds is 3. The number of nitriles is 1. The van der Waals surface area contributed by atoms with E-state index in [1.165, 1.54) is 12.8 Å². The van der Waals surface area contributed by atoms with Gasteiger partial charge in [-0.05, 0) is 44.8 Å². The smallest absolute Gasteiger partial charge is 0.204 e. The van der Waals surface area contributed by atoms with Crippen molar-refractivity contribution in [2.24, 2.45) is 5.41 Å². The molecule has 2 heterocycles. The Hall–Kier alpha value is -2.06. The molecule has 0 aromatic carbocycles. The van der Waals surface area contributed by atoms with Crippen molar-refractivity contribution in [2.45, 2.75) is 45.2 Å². The molecule has 0 unspecified atom stereocenters. The number of nitrogens with one attached hydrogen (secondary N) is 1. The van der Waals surface area contributed by atoms with E-state index in [0.29, 0.717) is 23.4 Å². The van der Waals surface area contributed by atoms with Crippen LogP contribution < -0.4 is 5.32 Å². The molecule has 0 aliphatic heterocycles. The van der Waals surface area contributed by atoms with Gasteiger partial charge in [-0.2, -0.15) is 5.26 Å². The summed E-state index contributed by atoms with van der Waals surface area (Å²) in [5.74, 6) is 1.18. The van der Waals surface area contributed by atoms with Gasteiger partial charge in [0.1, 0.15) is 11.9 Å². The zero-order chi connectivity index (χ0) is 16.6. The molecule has 1 fully saturated rings. The van der Waals surface area contributed by atoms with Crippen LogP contribution in [-0.2, 0) is 0 Å². The highest BCUT2D eigenvalue weighted by molar-refractivity contribution is 5.80. The second-order valence-corrected chi connectivity index (χ2v) is 7.41. The Labute approximate surface area is 137 Å². The fourth-order valence-corrected chi connectivity index (χ4v) is 3.57. The van der Waals surface area contributed by atoms with Crippen molar-refractivity contribution in [1.82, 2.24) is 9.88 Å². The summed E-state index contributed by atoms with van der Waals surface area (Å²) in [5, 5.41) is 13.4. The van der Waals surface area contributed by atoms with Gasteiger partial charge in [-0.25, -0.2) is 4.98 Å². The minimum Gasteiger partial charge on any atom is -0.444 e. The average molecular weight is 312 g/mol. The minimum atomic E-state index is 0.206. The summed E-state index contributed by atoms with van der Waals surface area (Å²) >= 11 is 0. The summed E-state index contributed by atoms with van der Waals surface area (Å²) in [4.78, 5) is 6.77. The lowest BCUT2D eigenvalue weighted by atomic mass is 9.71. The summed E-state index contributed by atoms with van der Waals surface area (Å²) in [7, 11) is 4.32. The molecular formula is C18H24N4O. The Morgan fingerprint density at radius 2 is 2.13 bits per heavy atom. The Balaban J connectivity index is 1.77. The molecule has 23 heavy (non-hydrogen) atoms. The van der Waals surface area contributed by atoms with Crippen molar-refractivity contribution in [3.63, 3.8) is 0 Å². The van der Waals surface area contributed by atoms with Gasteiger partial charge in [-0.15, -0.1) is 0 Å². The Kier molecular flexibility index (Phi) is 4.03. The topological polar surface area (TPSA) is 65.1 Å². The van der Waals surface area contributed by atoms with Crippen LogP contribution in [-0.4, -0.2) is 36.1 Å². The van der Waals surface area contributed by atoms with E-state index in [4.69, 9.17) is 9.68 Å². The van der Waals surface area contributed by atoms with Crippen LogP contribution in [0.2, 0.25) is 0 Å². The molecule has 1 saturated carbocycles. The lowest BCUT2D eigenvalue weighted by Crippen LogP contribution is -2.47. The highest BCUT2D eigenvalue weighted by atomic mass is 16.3. The summed E-state index contributed by atoms with van der Waals surface area (Å²) < 4.78 is 5.39. The molecule has 0 radical (unpaired) electrons. The zero-order valence-electron chi connectivity index (χ0n) is 14.3. The van der Waals surface area contributed by atoms with Crippen LogP contribution in [0.5, 0.6) is 0 Å². The van der Waals surface area contributed by atoms with Crippen LogP contribution in [0, 0.1) is 16.7 Å². The maximum atomic E-state index is 8.92. The Bertz CT molecular complexity index is 741. The highest BCUT2D eigenvalue weighted by Crippen LogP contribution is 2.38. The van der Waals surface area contributed by atoms with Gasteiger partial charge in [0.2, 0.25) is 5.76 Å². The Morgan fingerprint density at radius 1 is 1.35 bits per heavy atom. The third kappa shape index (κ3) is 3.18. The molecule has 1 aliphatic carbocycles. The van der Waals surface area contributed by atoms with Crippen LogP contribution in [0.15, 0.2) is 22.7 Å². The number of pyridine rings is 1. The summed E-state index contributed by atoms with van der Waals surface area (Å²) in [5.41, 5.74) is 0.862. The van der Waals surface area contributed by atoms with E-state index < -0.39 is 0 Å². The molecule has 2 aromatic heterocycles. The van der Waals surface area contributed by atoms with Crippen molar-refractivity contribution in [2.75, 3.05) is 19.4 Å². The summed E-state index contributed by atoms with van der Waals surface area (Å²) in [6.45, 7) is 4.65. The summed E-state index contributed by atoms with van der Waals surface area (Å²) in [6.07, 6.45) is 5.19. The number of anilines is 1. The number of furan rings is 1. The maximum absolute atomic E-state index is 8.92. The fraction of sp³-hybridized carbons (Fsp3) is 0.556. The van der Waals surface area contributed by atoms with Crippen molar-refractivity contribution >= 4 is 16.8 Å². The van der Waals surface area contributed by atoms with Crippen molar-refractivity contribution in [3.8, 4) is 6.07 Å². The van der Waals surface area contributed by atoms with Crippen LogP contribution in [0.25, 0.3) is 11.0 Å². The highest BCUT2D eigenvalue weighted by Gasteiger charge is 2.37. The van der Waals surface area contributed by atoms with Gasteiger partial charge in [-0.1, -0.05) is 13.8 Å². The van der Waals surface area contributed by atoms with E-state index >= 15 is 0 Å². The van der Waals surface area contributed by atoms with Gasteiger partial charge >= 0.3 is 0 Å². The van der Waals surface area contributed by atoms with Crippen molar-refractivity contribution < 1.29 is 4.42 Å². The molecule has 0 spiro atoms. The molecule has 2 aromatic rings. The molecule has 122 valence electrons. The van der Waals surface area contributed by atoms with E-state index in [-0.39, 0.29) is 5.41 Å². The van der Waals surface area contributed by atoms with Gasteiger partial charge in [0.05, 0.1) is 6.20 Å². The molecule has 5 heteroatoms. The van der Waals surface area contributed by atoms with E-state index in [2.05, 4.69) is 43.1 Å². The lowest BCUT2D eigenvalue weighted by molar-refractivity contribution is 0.119. The average Bonchev–Trinajstić information content (AvgIpc) is 2.91. The molecule has 3 rings (SSSR count). The van der Waals surface area contributed by atoms with Crippen molar-refractivity contribution in [1.29, 1.82) is 5.26 Å². The monoisotopic (exact) mass is 312 g/mol. The first-order valence-corrected chi connectivity index (χ1v) is 8.12.